The van der Waals surface area contributed by atoms with E-state index in [2.05, 4.69) is 10.3 Å². The Morgan fingerprint density at radius 1 is 1.23 bits per heavy atom. The maximum absolute atomic E-state index is 10.7. The summed E-state index contributed by atoms with van der Waals surface area (Å²) in [7, 11) is 0. The average Bonchev–Trinajstić information content (AvgIpc) is 3.16. The van der Waals surface area contributed by atoms with Gasteiger partial charge in [-0.05, 0) is 29.8 Å². The fourth-order valence-corrected chi connectivity index (χ4v) is 2.19. The summed E-state index contributed by atoms with van der Waals surface area (Å²) in [6.07, 6.45) is 1.49. The van der Waals surface area contributed by atoms with Crippen LogP contribution in [0.15, 0.2) is 47.1 Å². The van der Waals surface area contributed by atoms with Crippen LogP contribution in [0.1, 0.15) is 11.3 Å². The van der Waals surface area contributed by atoms with Gasteiger partial charge in [0.2, 0.25) is 0 Å². The Hall–Kier alpha value is -2.93. The number of aliphatic carboxylic acids is 1. The number of carboxylic acid groups (broad SMARTS) is 1. The molecule has 3 rings (SSSR count). The molecule has 2 aromatic heterocycles. The highest BCUT2D eigenvalue weighted by molar-refractivity contribution is 5.70. The van der Waals surface area contributed by atoms with Crippen LogP contribution in [0.2, 0.25) is 0 Å². The fourth-order valence-electron chi connectivity index (χ4n) is 2.19. The Balaban J connectivity index is 2.02. The number of nitrogens with zero attached hydrogens (tertiary/aromatic N) is 3. The summed E-state index contributed by atoms with van der Waals surface area (Å²) in [6.45, 7) is -0.257. The van der Waals surface area contributed by atoms with Gasteiger partial charge >= 0.3 is 5.97 Å². The lowest BCUT2D eigenvalue weighted by molar-refractivity contribution is -0.136. The van der Waals surface area contributed by atoms with Crippen LogP contribution in [0.4, 0.5) is 0 Å². The number of aromatic nitrogens is 3. The van der Waals surface area contributed by atoms with E-state index in [-0.39, 0.29) is 13.0 Å². The van der Waals surface area contributed by atoms with Crippen LogP contribution in [-0.2, 0) is 17.8 Å². The quantitative estimate of drug-likeness (QED) is 0.742. The van der Waals surface area contributed by atoms with Gasteiger partial charge in [0.1, 0.15) is 11.4 Å². The highest BCUT2D eigenvalue weighted by Crippen LogP contribution is 2.25. The zero-order chi connectivity index (χ0) is 15.5. The van der Waals surface area contributed by atoms with E-state index in [0.29, 0.717) is 28.4 Å². The van der Waals surface area contributed by atoms with E-state index in [0.717, 1.165) is 0 Å². The number of hydrogen-bond donors (Lipinski definition) is 2. The van der Waals surface area contributed by atoms with Gasteiger partial charge in [0.05, 0.1) is 25.0 Å². The molecule has 0 saturated carbocycles. The minimum absolute atomic E-state index is 0.0371. The van der Waals surface area contributed by atoms with Gasteiger partial charge in [0.25, 0.3) is 0 Å². The summed E-state index contributed by atoms with van der Waals surface area (Å²) >= 11 is 0. The molecule has 0 aliphatic rings. The van der Waals surface area contributed by atoms with Crippen molar-refractivity contribution in [2.75, 3.05) is 0 Å². The summed E-state index contributed by atoms with van der Waals surface area (Å²) in [5.41, 5.74) is 2.37. The zero-order valence-corrected chi connectivity index (χ0v) is 11.5. The Bertz CT molecular complexity index is 776. The standard InChI is InChI=1S/C15H13N3O4/c19-9-12-15(13-2-1-7-22-13)18(17-16-12)11-5-3-10(4-6-11)8-14(20)21/h1-7,19H,8-9H2,(H,20,21). The second kappa shape index (κ2) is 5.82. The van der Waals surface area contributed by atoms with Gasteiger partial charge < -0.3 is 14.6 Å². The summed E-state index contributed by atoms with van der Waals surface area (Å²) in [6, 6.07) is 10.4. The van der Waals surface area contributed by atoms with Crippen LogP contribution in [-0.4, -0.2) is 31.2 Å². The maximum atomic E-state index is 10.7. The first-order valence-electron chi connectivity index (χ1n) is 6.59. The molecule has 7 nitrogen and oxygen atoms in total. The molecule has 0 fully saturated rings. The van der Waals surface area contributed by atoms with E-state index in [1.165, 1.54) is 6.26 Å². The molecule has 0 radical (unpaired) electrons. The molecule has 0 bridgehead atoms. The first-order chi connectivity index (χ1) is 10.7. The molecule has 2 heterocycles. The Morgan fingerprint density at radius 3 is 2.59 bits per heavy atom. The third-order valence-corrected chi connectivity index (χ3v) is 3.18. The van der Waals surface area contributed by atoms with E-state index in [9.17, 15) is 9.90 Å². The molecule has 0 spiro atoms. The van der Waals surface area contributed by atoms with Crippen LogP contribution in [0.3, 0.4) is 0 Å². The molecule has 1 aromatic carbocycles. The van der Waals surface area contributed by atoms with Gasteiger partial charge in [-0.3, -0.25) is 4.79 Å². The Morgan fingerprint density at radius 2 is 2.00 bits per heavy atom. The van der Waals surface area contributed by atoms with Gasteiger partial charge in [-0.25, -0.2) is 4.68 Å². The second-order valence-electron chi connectivity index (χ2n) is 4.67. The third-order valence-electron chi connectivity index (χ3n) is 3.18. The van der Waals surface area contributed by atoms with Crippen LogP contribution in [0.25, 0.3) is 17.1 Å². The monoisotopic (exact) mass is 299 g/mol. The van der Waals surface area contributed by atoms with Crippen molar-refractivity contribution in [1.29, 1.82) is 0 Å². The number of aliphatic hydroxyl groups excluding tert-OH is 1. The molecule has 3 aromatic rings. The Kier molecular flexibility index (Phi) is 3.71. The highest BCUT2D eigenvalue weighted by Gasteiger charge is 2.17. The lowest BCUT2D eigenvalue weighted by atomic mass is 10.1. The molecule has 2 N–H and O–H groups in total. The van der Waals surface area contributed by atoms with E-state index < -0.39 is 5.97 Å². The molecule has 112 valence electrons. The fraction of sp³-hybridized carbons (Fsp3) is 0.133. The minimum atomic E-state index is -0.882. The van der Waals surface area contributed by atoms with Crippen molar-refractivity contribution < 1.29 is 19.4 Å². The number of benzene rings is 1. The predicted octanol–water partition coefficient (Wildman–Crippen LogP) is 1.65. The molecule has 0 aliphatic heterocycles. The molecule has 0 amide bonds. The van der Waals surface area contributed by atoms with Crippen LogP contribution >= 0.6 is 0 Å². The normalized spacial score (nSPS) is 10.8. The van der Waals surface area contributed by atoms with Crippen molar-refractivity contribution in [1.82, 2.24) is 15.0 Å². The molecule has 22 heavy (non-hydrogen) atoms. The maximum Gasteiger partial charge on any atom is 0.307 e. The van der Waals surface area contributed by atoms with Gasteiger partial charge in [-0.2, -0.15) is 0 Å². The smallest absolute Gasteiger partial charge is 0.307 e. The first kappa shape index (κ1) is 14.0. The summed E-state index contributed by atoms with van der Waals surface area (Å²) in [4.78, 5) is 10.7. The molecule has 0 saturated heterocycles. The van der Waals surface area contributed by atoms with Crippen LogP contribution < -0.4 is 0 Å². The average molecular weight is 299 g/mol. The topological polar surface area (TPSA) is 101 Å². The van der Waals surface area contributed by atoms with E-state index in [4.69, 9.17) is 9.52 Å². The largest absolute Gasteiger partial charge is 0.481 e. The number of hydrogen-bond acceptors (Lipinski definition) is 5. The summed E-state index contributed by atoms with van der Waals surface area (Å²) < 4.78 is 6.92. The molecular weight excluding hydrogens is 286 g/mol. The lowest BCUT2D eigenvalue weighted by Gasteiger charge is -2.06. The zero-order valence-electron chi connectivity index (χ0n) is 11.5. The van der Waals surface area contributed by atoms with Crippen molar-refractivity contribution in [3.63, 3.8) is 0 Å². The van der Waals surface area contributed by atoms with Gasteiger partial charge in [0, 0.05) is 0 Å². The molecule has 0 unspecified atom stereocenters. The molecule has 0 aliphatic carbocycles. The van der Waals surface area contributed by atoms with Gasteiger partial charge in [-0.15, -0.1) is 5.10 Å². The highest BCUT2D eigenvalue weighted by atomic mass is 16.4. The number of furan rings is 1. The third kappa shape index (κ3) is 2.61. The molecular formula is C15H13N3O4. The number of aliphatic hydroxyl groups is 1. The Labute approximate surface area is 125 Å². The van der Waals surface area contributed by atoms with Crippen molar-refractivity contribution in [3.05, 3.63) is 53.9 Å². The van der Waals surface area contributed by atoms with Crippen molar-refractivity contribution >= 4 is 5.97 Å². The van der Waals surface area contributed by atoms with E-state index in [1.807, 2.05) is 0 Å². The van der Waals surface area contributed by atoms with Crippen LogP contribution in [0, 0.1) is 0 Å². The van der Waals surface area contributed by atoms with Crippen molar-refractivity contribution in [2.24, 2.45) is 0 Å². The SMILES string of the molecule is O=C(O)Cc1ccc(-n2nnc(CO)c2-c2ccco2)cc1. The lowest BCUT2D eigenvalue weighted by Crippen LogP contribution is -2.02. The van der Waals surface area contributed by atoms with Gasteiger partial charge in [-0.1, -0.05) is 17.3 Å². The first-order valence-corrected chi connectivity index (χ1v) is 6.59. The molecule has 7 heteroatoms. The van der Waals surface area contributed by atoms with Gasteiger partial charge in [0.15, 0.2) is 5.76 Å². The van der Waals surface area contributed by atoms with Crippen molar-refractivity contribution in [2.45, 2.75) is 13.0 Å². The number of rotatable bonds is 5. The van der Waals surface area contributed by atoms with Crippen LogP contribution in [0.5, 0.6) is 0 Å². The number of carboxylic acids is 1. The molecule has 0 atom stereocenters. The number of carbonyl (C=O) groups is 1. The summed E-state index contributed by atoms with van der Waals surface area (Å²) in [5.74, 6) is -0.337. The second-order valence-corrected chi connectivity index (χ2v) is 4.67. The predicted molar refractivity (Wildman–Crippen MR) is 76.3 cm³/mol. The summed E-state index contributed by atoms with van der Waals surface area (Å²) in [5, 5.41) is 26.2. The minimum Gasteiger partial charge on any atom is -0.481 e. The van der Waals surface area contributed by atoms with E-state index >= 15 is 0 Å². The van der Waals surface area contributed by atoms with E-state index in [1.54, 1.807) is 41.1 Å². The van der Waals surface area contributed by atoms with Crippen molar-refractivity contribution in [3.8, 4) is 17.1 Å².